The Labute approximate surface area is 259 Å². The second-order valence-corrected chi connectivity index (χ2v) is 12.7. The number of benzene rings is 6. The van der Waals surface area contributed by atoms with Gasteiger partial charge in [-0.2, -0.15) is 0 Å². The van der Waals surface area contributed by atoms with E-state index in [0.717, 1.165) is 11.5 Å². The molecule has 0 N–H and O–H groups in total. The average Bonchev–Trinajstić information content (AvgIpc) is 3.37. The smallest absolute Gasteiger partial charge is 0.251 e. The Morgan fingerprint density at radius 3 is 1.77 bits per heavy atom. The largest absolute Gasteiger partial charge is 0.458 e. The molecule has 2 aliphatic rings. The first-order valence-corrected chi connectivity index (χ1v) is 15.6. The number of aryl methyl sites for hydroxylation is 4. The van der Waals surface area contributed by atoms with E-state index >= 15 is 0 Å². The average molecular weight is 563 g/mol. The summed E-state index contributed by atoms with van der Waals surface area (Å²) in [5.41, 5.74) is 16.9. The normalized spacial score (nSPS) is 13.1. The molecule has 0 fully saturated rings. The first-order valence-electron chi connectivity index (χ1n) is 15.6. The minimum Gasteiger partial charge on any atom is -0.458 e. The van der Waals surface area contributed by atoms with Crippen LogP contribution in [0.5, 0.6) is 11.5 Å². The number of nitrogens with zero attached hydrogens (tertiary/aromatic N) is 1. The highest BCUT2D eigenvalue weighted by Crippen LogP contribution is 2.35. The van der Waals surface area contributed by atoms with Gasteiger partial charge in [0, 0.05) is 22.0 Å². The molecule has 0 unspecified atom stereocenters. The predicted octanol–water partition coefficient (Wildman–Crippen LogP) is 5.47. The zero-order chi connectivity index (χ0) is 29.7. The van der Waals surface area contributed by atoms with Gasteiger partial charge in [-0.05, 0) is 73.8 Å². The third-order valence-corrected chi connectivity index (χ3v) is 10.2. The number of para-hydroxylation sites is 3. The Kier molecular flexibility index (Phi) is 5.38. The molecule has 4 heteroatoms. The van der Waals surface area contributed by atoms with Gasteiger partial charge in [-0.25, -0.2) is 0 Å². The molecule has 208 valence electrons. The van der Waals surface area contributed by atoms with Gasteiger partial charge in [0.1, 0.15) is 11.5 Å². The summed E-state index contributed by atoms with van der Waals surface area (Å²) in [4.78, 5) is 0. The van der Waals surface area contributed by atoms with Gasteiger partial charge in [-0.15, -0.1) is 0 Å². The summed E-state index contributed by atoms with van der Waals surface area (Å²) in [5, 5.41) is 2.61. The molecule has 3 heterocycles. The lowest BCUT2D eigenvalue weighted by Gasteiger charge is -2.33. The Morgan fingerprint density at radius 2 is 1.05 bits per heavy atom. The van der Waals surface area contributed by atoms with Gasteiger partial charge < -0.3 is 9.30 Å². The molecule has 0 radical (unpaired) electrons. The Bertz CT molecular complexity index is 2290. The van der Waals surface area contributed by atoms with Crippen molar-refractivity contribution in [1.82, 2.24) is 4.57 Å². The molecule has 44 heavy (non-hydrogen) atoms. The fraction of sp³-hybridized carbons (Fsp3) is 0.100. The Hall–Kier alpha value is -4.95. The summed E-state index contributed by atoms with van der Waals surface area (Å²) in [6.45, 7) is 9.18. The van der Waals surface area contributed by atoms with Crippen LogP contribution in [0.2, 0.25) is 0 Å². The molecule has 0 bridgehead atoms. The van der Waals surface area contributed by atoms with Crippen LogP contribution in [0, 0.1) is 27.7 Å². The van der Waals surface area contributed by atoms with Crippen LogP contribution in [0.3, 0.4) is 0 Å². The van der Waals surface area contributed by atoms with E-state index in [1.54, 1.807) is 0 Å². The van der Waals surface area contributed by atoms with Crippen molar-refractivity contribution in [1.29, 1.82) is 0 Å². The standard InChI is InChI=1S/C40H31B2NO/c1-24-12-9-13-25(2)38(24)41-30-18-6-8-21-36(30)44-37-23-32-35(22-33(37)41)43-34-20-7-5-16-28(34)29-17-11-19-31(40(29)43)42(32)39-26(3)14-10-15-27(39)4/h5-23H,1-4H3. The summed E-state index contributed by atoms with van der Waals surface area (Å²) in [6.07, 6.45) is 0. The highest BCUT2D eigenvalue weighted by molar-refractivity contribution is 7.00. The summed E-state index contributed by atoms with van der Waals surface area (Å²) in [5.74, 6) is 1.90. The van der Waals surface area contributed by atoms with Crippen molar-refractivity contribution < 1.29 is 4.74 Å². The number of ether oxygens (including phenoxy) is 1. The second-order valence-electron chi connectivity index (χ2n) is 12.7. The molecule has 2 aliphatic heterocycles. The predicted molar refractivity (Wildman–Crippen MR) is 188 cm³/mol. The van der Waals surface area contributed by atoms with Crippen LogP contribution in [0.25, 0.3) is 27.5 Å². The molecular formula is C40H31B2NO. The number of rotatable bonds is 2. The molecular weight excluding hydrogens is 532 g/mol. The van der Waals surface area contributed by atoms with Crippen molar-refractivity contribution in [2.75, 3.05) is 0 Å². The van der Waals surface area contributed by atoms with E-state index in [2.05, 4.69) is 148 Å². The van der Waals surface area contributed by atoms with Crippen LogP contribution in [0.4, 0.5) is 0 Å². The molecule has 2 nitrogen and oxygen atoms in total. The Balaban J connectivity index is 1.44. The number of fused-ring (bicyclic) bond motifs is 7. The van der Waals surface area contributed by atoms with Crippen molar-refractivity contribution in [3.8, 4) is 17.2 Å². The molecule has 6 aromatic carbocycles. The van der Waals surface area contributed by atoms with Gasteiger partial charge in [0.15, 0.2) is 0 Å². The Morgan fingerprint density at radius 1 is 0.477 bits per heavy atom. The van der Waals surface area contributed by atoms with Crippen LogP contribution >= 0.6 is 0 Å². The lowest BCUT2D eigenvalue weighted by atomic mass is 9.32. The van der Waals surface area contributed by atoms with Gasteiger partial charge >= 0.3 is 0 Å². The molecule has 0 atom stereocenters. The molecule has 9 rings (SSSR count). The van der Waals surface area contributed by atoms with Crippen LogP contribution < -0.4 is 37.5 Å². The van der Waals surface area contributed by atoms with Crippen LogP contribution in [-0.4, -0.2) is 18.0 Å². The lowest BCUT2D eigenvalue weighted by molar-refractivity contribution is 0.488. The van der Waals surface area contributed by atoms with E-state index < -0.39 is 0 Å². The van der Waals surface area contributed by atoms with Gasteiger partial charge in [0.05, 0.1) is 5.52 Å². The SMILES string of the molecule is Cc1cccc(C)c1B1c2ccccc2Oc2cc3c(cc21)-n1c2ccccc2c2cccc(c21)B3c1c(C)cccc1C. The molecule has 1 aromatic heterocycles. The second kappa shape index (κ2) is 9.27. The van der Waals surface area contributed by atoms with E-state index in [1.165, 1.54) is 82.5 Å². The van der Waals surface area contributed by atoms with E-state index in [1.807, 2.05) is 0 Å². The van der Waals surface area contributed by atoms with E-state index in [4.69, 9.17) is 4.74 Å². The molecule has 0 saturated carbocycles. The maximum Gasteiger partial charge on any atom is 0.251 e. The van der Waals surface area contributed by atoms with Crippen molar-refractivity contribution in [3.05, 3.63) is 138 Å². The van der Waals surface area contributed by atoms with Crippen LogP contribution in [0.1, 0.15) is 22.3 Å². The van der Waals surface area contributed by atoms with Crippen molar-refractivity contribution in [2.45, 2.75) is 27.7 Å². The zero-order valence-corrected chi connectivity index (χ0v) is 25.5. The quantitative estimate of drug-likeness (QED) is 0.255. The number of aromatic nitrogens is 1. The highest BCUT2D eigenvalue weighted by atomic mass is 16.5. The fourth-order valence-corrected chi connectivity index (χ4v) is 8.32. The van der Waals surface area contributed by atoms with Crippen LogP contribution in [-0.2, 0) is 0 Å². The van der Waals surface area contributed by atoms with E-state index in [0.29, 0.717) is 0 Å². The molecule has 0 spiro atoms. The minimum atomic E-state index is 0.0783. The van der Waals surface area contributed by atoms with E-state index in [-0.39, 0.29) is 13.4 Å². The topological polar surface area (TPSA) is 14.2 Å². The molecule has 0 amide bonds. The minimum absolute atomic E-state index is 0.0783. The third-order valence-electron chi connectivity index (χ3n) is 10.2. The summed E-state index contributed by atoms with van der Waals surface area (Å²) in [6, 6.07) is 42.5. The van der Waals surface area contributed by atoms with Gasteiger partial charge in [0.25, 0.3) is 6.71 Å². The molecule has 0 saturated heterocycles. The monoisotopic (exact) mass is 563 g/mol. The molecule has 7 aromatic rings. The lowest BCUT2D eigenvalue weighted by Crippen LogP contribution is -2.60. The zero-order valence-electron chi connectivity index (χ0n) is 25.5. The number of hydrogen-bond donors (Lipinski definition) is 0. The first kappa shape index (κ1) is 25.5. The summed E-state index contributed by atoms with van der Waals surface area (Å²) >= 11 is 0. The fourth-order valence-electron chi connectivity index (χ4n) is 8.32. The molecule has 0 aliphatic carbocycles. The van der Waals surface area contributed by atoms with Gasteiger partial charge in [-0.3, -0.25) is 0 Å². The maximum atomic E-state index is 6.84. The summed E-state index contributed by atoms with van der Waals surface area (Å²) in [7, 11) is 0. The van der Waals surface area contributed by atoms with Gasteiger partial charge in [-0.1, -0.05) is 124 Å². The first-order chi connectivity index (χ1) is 21.5. The van der Waals surface area contributed by atoms with E-state index in [9.17, 15) is 0 Å². The van der Waals surface area contributed by atoms with Crippen molar-refractivity contribution in [3.63, 3.8) is 0 Å². The highest BCUT2D eigenvalue weighted by Gasteiger charge is 2.40. The summed E-state index contributed by atoms with van der Waals surface area (Å²) < 4.78 is 9.37. The van der Waals surface area contributed by atoms with Gasteiger partial charge in [0.2, 0.25) is 6.71 Å². The van der Waals surface area contributed by atoms with Crippen molar-refractivity contribution in [2.24, 2.45) is 0 Å². The van der Waals surface area contributed by atoms with Crippen molar-refractivity contribution >= 4 is 68.0 Å². The van der Waals surface area contributed by atoms with Crippen LogP contribution in [0.15, 0.2) is 115 Å². The number of hydrogen-bond acceptors (Lipinski definition) is 1. The maximum absolute atomic E-state index is 6.84. The third kappa shape index (κ3) is 3.40.